The minimum atomic E-state index is -3.86. The Bertz CT molecular complexity index is 902. The summed E-state index contributed by atoms with van der Waals surface area (Å²) in [6.45, 7) is 4.24. The first-order valence-corrected chi connectivity index (χ1v) is 10.7. The number of rotatable bonds is 8. The Labute approximate surface area is 162 Å². The molecule has 1 amide bonds. The lowest BCUT2D eigenvalue weighted by molar-refractivity contribution is -0.124. The summed E-state index contributed by atoms with van der Waals surface area (Å²) in [4.78, 5) is 23.6. The smallest absolute Gasteiger partial charge is 0.339 e. The molecule has 0 unspecified atom stereocenters. The Morgan fingerprint density at radius 2 is 1.89 bits per heavy atom. The molecule has 0 bridgehead atoms. The number of nitrogens with one attached hydrogen (secondary N) is 1. The molecule has 0 radical (unpaired) electrons. The lowest BCUT2D eigenvalue weighted by Gasteiger charge is -2.08. The third kappa shape index (κ3) is 6.46. The Balaban J connectivity index is 1.74. The summed E-state index contributed by atoms with van der Waals surface area (Å²) in [5, 5.41) is 8.98. The summed E-state index contributed by atoms with van der Waals surface area (Å²) in [6.07, 6.45) is 0.667. The molecule has 0 fully saturated rings. The number of ether oxygens (including phenoxy) is 1. The van der Waals surface area contributed by atoms with Crippen molar-refractivity contribution in [2.75, 3.05) is 13.2 Å². The number of benzene rings is 1. The van der Waals surface area contributed by atoms with Crippen molar-refractivity contribution in [1.82, 2.24) is 5.32 Å². The van der Waals surface area contributed by atoms with Gasteiger partial charge in [-0.15, -0.1) is 11.3 Å². The second-order valence-corrected chi connectivity index (χ2v) is 8.97. The third-order valence-corrected chi connectivity index (χ3v) is 6.19. The molecule has 146 valence electrons. The fourth-order valence-electron chi connectivity index (χ4n) is 2.25. The van der Waals surface area contributed by atoms with Crippen molar-refractivity contribution in [3.05, 3.63) is 52.4 Å². The van der Waals surface area contributed by atoms with E-state index in [1.807, 2.05) is 12.1 Å². The molecule has 7 nitrogen and oxygen atoms in total. The topological polar surface area (TPSA) is 116 Å². The lowest BCUT2D eigenvalue weighted by atomic mass is 10.0. The summed E-state index contributed by atoms with van der Waals surface area (Å²) in [7, 11) is -3.86. The number of hydrogen-bond acceptors (Lipinski definition) is 6. The summed E-state index contributed by atoms with van der Waals surface area (Å²) in [6, 6.07) is 9.32. The molecule has 9 heteroatoms. The van der Waals surface area contributed by atoms with Crippen LogP contribution in [-0.4, -0.2) is 33.4 Å². The van der Waals surface area contributed by atoms with E-state index in [0.717, 1.165) is 23.0 Å². The monoisotopic (exact) mass is 410 g/mol. The Morgan fingerprint density at radius 1 is 1.22 bits per heavy atom. The van der Waals surface area contributed by atoms with E-state index < -0.39 is 28.5 Å². The van der Waals surface area contributed by atoms with E-state index >= 15 is 0 Å². The maximum Gasteiger partial charge on any atom is 0.339 e. The molecule has 0 aliphatic rings. The lowest BCUT2D eigenvalue weighted by Crippen LogP contribution is -2.30. The van der Waals surface area contributed by atoms with Crippen molar-refractivity contribution in [2.24, 2.45) is 5.14 Å². The van der Waals surface area contributed by atoms with E-state index in [9.17, 15) is 18.0 Å². The fraction of sp³-hybridized carbons (Fsp3) is 0.333. The number of nitrogens with two attached hydrogens (primary N) is 1. The maximum absolute atomic E-state index is 11.8. The normalized spacial score (nSPS) is 11.4. The Hall–Kier alpha value is -2.23. The summed E-state index contributed by atoms with van der Waals surface area (Å²) < 4.78 is 27.1. The zero-order valence-corrected chi connectivity index (χ0v) is 16.7. The summed E-state index contributed by atoms with van der Waals surface area (Å²) >= 11 is 0.819. The number of primary sulfonamides is 1. The van der Waals surface area contributed by atoms with E-state index in [2.05, 4.69) is 31.3 Å². The molecule has 2 rings (SSSR count). The van der Waals surface area contributed by atoms with Crippen LogP contribution in [0, 0.1) is 0 Å². The van der Waals surface area contributed by atoms with Crippen LogP contribution in [0.15, 0.2) is 39.9 Å². The number of carbonyl (C=O) groups excluding carboxylic acids is 2. The second-order valence-electron chi connectivity index (χ2n) is 6.27. The molecule has 0 atom stereocenters. The van der Waals surface area contributed by atoms with E-state index in [0.29, 0.717) is 18.9 Å². The van der Waals surface area contributed by atoms with Crippen LogP contribution in [0.25, 0.3) is 0 Å². The Morgan fingerprint density at radius 3 is 2.44 bits per heavy atom. The quantitative estimate of drug-likeness (QED) is 0.646. The van der Waals surface area contributed by atoms with Gasteiger partial charge in [0.25, 0.3) is 5.91 Å². The number of carbonyl (C=O) groups is 2. The molecule has 0 aliphatic carbocycles. The number of esters is 1. The molecule has 1 aromatic heterocycles. The van der Waals surface area contributed by atoms with Gasteiger partial charge in [0.2, 0.25) is 10.0 Å². The van der Waals surface area contributed by atoms with Gasteiger partial charge in [-0.1, -0.05) is 38.1 Å². The standard InChI is InChI=1S/C18H22N2O5S2/c1-12(2)14-5-3-13(4-6-14)7-8-20-16(21)10-25-18(22)15-9-17(26-11-15)27(19,23)24/h3-6,9,11-12H,7-8,10H2,1-2H3,(H,20,21)(H2,19,23,24). The van der Waals surface area contributed by atoms with Crippen LogP contribution in [0.3, 0.4) is 0 Å². The van der Waals surface area contributed by atoms with Gasteiger partial charge in [0.15, 0.2) is 6.61 Å². The number of hydrogen-bond donors (Lipinski definition) is 2. The van der Waals surface area contributed by atoms with Gasteiger partial charge in [0.05, 0.1) is 5.56 Å². The van der Waals surface area contributed by atoms with Gasteiger partial charge in [0, 0.05) is 11.9 Å². The zero-order chi connectivity index (χ0) is 20.0. The molecule has 0 aliphatic heterocycles. The zero-order valence-electron chi connectivity index (χ0n) is 15.1. The molecule has 1 aromatic carbocycles. The van der Waals surface area contributed by atoms with Crippen LogP contribution in [0.4, 0.5) is 0 Å². The van der Waals surface area contributed by atoms with Gasteiger partial charge < -0.3 is 10.1 Å². The summed E-state index contributed by atoms with van der Waals surface area (Å²) in [5.41, 5.74) is 2.40. The molecule has 0 spiro atoms. The van der Waals surface area contributed by atoms with Gasteiger partial charge in [-0.25, -0.2) is 18.4 Å². The van der Waals surface area contributed by atoms with Crippen LogP contribution < -0.4 is 10.5 Å². The molecule has 27 heavy (non-hydrogen) atoms. The number of thiophene rings is 1. The average molecular weight is 411 g/mol. The average Bonchev–Trinajstić information content (AvgIpc) is 3.10. The van der Waals surface area contributed by atoms with Gasteiger partial charge >= 0.3 is 5.97 Å². The number of amides is 1. The van der Waals surface area contributed by atoms with Crippen LogP contribution in [0.1, 0.15) is 41.3 Å². The van der Waals surface area contributed by atoms with E-state index in [4.69, 9.17) is 9.88 Å². The highest BCUT2D eigenvalue weighted by atomic mass is 32.2. The Kier molecular flexibility index (Phi) is 7.11. The van der Waals surface area contributed by atoms with E-state index in [1.165, 1.54) is 10.9 Å². The van der Waals surface area contributed by atoms with Crippen molar-refractivity contribution < 1.29 is 22.7 Å². The van der Waals surface area contributed by atoms with Crippen molar-refractivity contribution >= 4 is 33.2 Å². The van der Waals surface area contributed by atoms with Gasteiger partial charge in [-0.05, 0) is 29.5 Å². The first kappa shape index (κ1) is 21.1. The van der Waals surface area contributed by atoms with Gasteiger partial charge in [-0.2, -0.15) is 0 Å². The molecule has 1 heterocycles. The fourth-order valence-corrected chi connectivity index (χ4v) is 3.83. The number of sulfonamides is 1. The van der Waals surface area contributed by atoms with Crippen LogP contribution in [0.2, 0.25) is 0 Å². The summed E-state index contributed by atoms with van der Waals surface area (Å²) in [5.74, 6) is -0.734. The first-order valence-electron chi connectivity index (χ1n) is 8.31. The van der Waals surface area contributed by atoms with Crippen LogP contribution >= 0.6 is 11.3 Å². The molecule has 0 saturated carbocycles. The largest absolute Gasteiger partial charge is 0.452 e. The van der Waals surface area contributed by atoms with Crippen LogP contribution in [0.5, 0.6) is 0 Å². The van der Waals surface area contributed by atoms with Crippen LogP contribution in [-0.2, 0) is 26.0 Å². The second kappa shape index (κ2) is 9.12. The molecular formula is C18H22N2O5S2. The minimum Gasteiger partial charge on any atom is -0.452 e. The first-order chi connectivity index (χ1) is 12.7. The maximum atomic E-state index is 11.8. The third-order valence-electron chi connectivity index (χ3n) is 3.81. The highest BCUT2D eigenvalue weighted by Crippen LogP contribution is 2.19. The molecule has 0 saturated heterocycles. The van der Waals surface area contributed by atoms with Crippen molar-refractivity contribution in [3.8, 4) is 0 Å². The SMILES string of the molecule is CC(C)c1ccc(CCNC(=O)COC(=O)c2csc(S(N)(=O)=O)c2)cc1. The molecule has 2 aromatic rings. The van der Waals surface area contributed by atoms with Gasteiger partial charge in [0.1, 0.15) is 4.21 Å². The van der Waals surface area contributed by atoms with Crippen molar-refractivity contribution in [1.29, 1.82) is 0 Å². The predicted molar refractivity (Wildman–Crippen MR) is 103 cm³/mol. The van der Waals surface area contributed by atoms with E-state index in [-0.39, 0.29) is 9.77 Å². The van der Waals surface area contributed by atoms with Crippen molar-refractivity contribution in [3.63, 3.8) is 0 Å². The van der Waals surface area contributed by atoms with E-state index in [1.54, 1.807) is 0 Å². The highest BCUT2D eigenvalue weighted by Gasteiger charge is 2.17. The van der Waals surface area contributed by atoms with Gasteiger partial charge in [-0.3, -0.25) is 4.79 Å². The molecule has 3 N–H and O–H groups in total. The highest BCUT2D eigenvalue weighted by molar-refractivity contribution is 7.91. The molecular weight excluding hydrogens is 388 g/mol. The minimum absolute atomic E-state index is 0.0436. The van der Waals surface area contributed by atoms with Crippen molar-refractivity contribution in [2.45, 2.75) is 30.4 Å². The predicted octanol–water partition coefficient (Wildman–Crippen LogP) is 2.03.